The molecule has 3 nitrogen and oxygen atoms in total. The Morgan fingerprint density at radius 2 is 1.84 bits per heavy atom. The van der Waals surface area contributed by atoms with Crippen molar-refractivity contribution >= 4 is 5.97 Å². The highest BCUT2D eigenvalue weighted by Gasteiger charge is 2.43. The summed E-state index contributed by atoms with van der Waals surface area (Å²) in [6.45, 7) is 6.19. The summed E-state index contributed by atoms with van der Waals surface area (Å²) >= 11 is 0. The average Bonchev–Trinajstić information content (AvgIpc) is 2.78. The Kier molecular flexibility index (Phi) is 7.35. The first-order valence-electron chi connectivity index (χ1n) is 12.3. The molecule has 0 bridgehead atoms. The quantitative estimate of drug-likeness (QED) is 0.279. The van der Waals surface area contributed by atoms with Gasteiger partial charge in [0.2, 0.25) is 0 Å². The lowest BCUT2D eigenvalue weighted by atomic mass is 9.59. The number of esters is 1. The first-order valence-corrected chi connectivity index (χ1v) is 12.3. The summed E-state index contributed by atoms with van der Waals surface area (Å²) in [5.41, 5.74) is 0. The monoisotopic (exact) mass is 428 g/mol. The molecule has 3 fully saturated rings. The fourth-order valence-corrected chi connectivity index (χ4v) is 6.48. The summed E-state index contributed by atoms with van der Waals surface area (Å²) < 4.78 is 25.1. The number of carbonyl (C=O) groups is 1. The predicted molar refractivity (Wildman–Crippen MR) is 121 cm³/mol. The lowest BCUT2D eigenvalue weighted by molar-refractivity contribution is -0.144. The molecule has 1 aromatic rings. The Balaban J connectivity index is 1.35. The van der Waals surface area contributed by atoms with E-state index in [1.807, 2.05) is 0 Å². The molecule has 4 rings (SSSR count). The number of benzene rings is 1. The second-order valence-corrected chi connectivity index (χ2v) is 10.2. The smallest absolute Gasteiger partial charge is 0.314 e. The SMILES string of the molecule is C=CCOc1ccc(OC(=O)C2CCCC3CC(C4CCC(C)CC4)CCC32)cc1F. The standard InChI is InChI=1S/C27H37FO3/c1-3-15-30-26-14-12-22(17-25(26)28)31-27(29)24-6-4-5-21-16-20(11-13-23(21)24)19-9-7-18(2)8-10-19/h3,12,14,17-21,23-24H,1,4-11,13,15-16H2,2H3. The van der Waals surface area contributed by atoms with Crippen LogP contribution in [0.1, 0.15) is 71.1 Å². The molecule has 4 atom stereocenters. The van der Waals surface area contributed by atoms with Gasteiger partial charge in [0.25, 0.3) is 0 Å². The molecule has 0 spiro atoms. The van der Waals surface area contributed by atoms with Gasteiger partial charge in [-0.05, 0) is 80.2 Å². The van der Waals surface area contributed by atoms with Crippen LogP contribution in [0.15, 0.2) is 30.9 Å². The van der Waals surface area contributed by atoms with Gasteiger partial charge in [-0.2, -0.15) is 0 Å². The van der Waals surface area contributed by atoms with Crippen molar-refractivity contribution in [3.8, 4) is 11.5 Å². The van der Waals surface area contributed by atoms with Gasteiger partial charge in [-0.15, -0.1) is 0 Å². The van der Waals surface area contributed by atoms with Gasteiger partial charge in [0.15, 0.2) is 11.6 Å². The van der Waals surface area contributed by atoms with E-state index in [-0.39, 0.29) is 30.0 Å². The number of rotatable bonds is 6. The Labute approximate surface area is 186 Å². The molecular weight excluding hydrogens is 391 g/mol. The molecule has 3 aliphatic rings. The average molecular weight is 429 g/mol. The summed E-state index contributed by atoms with van der Waals surface area (Å²) in [5.74, 6) is 3.38. The van der Waals surface area contributed by atoms with Crippen molar-refractivity contribution < 1.29 is 18.7 Å². The van der Waals surface area contributed by atoms with Gasteiger partial charge in [-0.3, -0.25) is 4.79 Å². The number of ether oxygens (including phenoxy) is 2. The zero-order valence-electron chi connectivity index (χ0n) is 18.9. The van der Waals surface area contributed by atoms with Crippen LogP contribution in [-0.4, -0.2) is 12.6 Å². The molecule has 31 heavy (non-hydrogen) atoms. The Morgan fingerprint density at radius 1 is 1.06 bits per heavy atom. The lowest BCUT2D eigenvalue weighted by Crippen LogP contribution is -2.40. The highest BCUT2D eigenvalue weighted by atomic mass is 19.1. The van der Waals surface area contributed by atoms with Crippen LogP contribution in [0.2, 0.25) is 0 Å². The third kappa shape index (κ3) is 5.32. The maximum atomic E-state index is 14.2. The molecule has 1 aromatic carbocycles. The third-order valence-electron chi connectivity index (χ3n) is 8.20. The van der Waals surface area contributed by atoms with Gasteiger partial charge >= 0.3 is 5.97 Å². The summed E-state index contributed by atoms with van der Waals surface area (Å²) in [4.78, 5) is 13.0. The van der Waals surface area contributed by atoms with Crippen LogP contribution >= 0.6 is 0 Å². The molecule has 0 saturated heterocycles. The van der Waals surface area contributed by atoms with E-state index in [1.165, 1.54) is 57.1 Å². The fraction of sp³-hybridized carbons (Fsp3) is 0.667. The molecule has 0 N–H and O–H groups in total. The maximum absolute atomic E-state index is 14.2. The van der Waals surface area contributed by atoms with Crippen molar-refractivity contribution in [2.24, 2.45) is 35.5 Å². The van der Waals surface area contributed by atoms with Gasteiger partial charge in [-0.25, -0.2) is 4.39 Å². The minimum absolute atomic E-state index is 0.0502. The van der Waals surface area contributed by atoms with Gasteiger partial charge < -0.3 is 9.47 Å². The lowest BCUT2D eigenvalue weighted by Gasteiger charge is -2.45. The molecule has 4 heteroatoms. The van der Waals surface area contributed by atoms with Crippen molar-refractivity contribution in [1.82, 2.24) is 0 Å². The van der Waals surface area contributed by atoms with Crippen LogP contribution in [0.3, 0.4) is 0 Å². The summed E-state index contributed by atoms with van der Waals surface area (Å²) in [6.07, 6.45) is 14.1. The van der Waals surface area contributed by atoms with Gasteiger partial charge in [0.05, 0.1) is 5.92 Å². The van der Waals surface area contributed by atoms with Crippen LogP contribution in [0.5, 0.6) is 11.5 Å². The molecule has 0 radical (unpaired) electrons. The van der Waals surface area contributed by atoms with E-state index in [0.717, 1.165) is 37.0 Å². The van der Waals surface area contributed by atoms with Crippen LogP contribution in [-0.2, 0) is 4.79 Å². The van der Waals surface area contributed by atoms with Gasteiger partial charge in [0.1, 0.15) is 12.4 Å². The van der Waals surface area contributed by atoms with Crippen molar-refractivity contribution in [2.75, 3.05) is 6.61 Å². The number of halogens is 1. The zero-order valence-corrected chi connectivity index (χ0v) is 18.9. The first kappa shape index (κ1) is 22.4. The molecule has 0 heterocycles. The minimum Gasteiger partial charge on any atom is -0.486 e. The molecule has 0 aliphatic heterocycles. The second kappa shape index (κ2) is 10.2. The molecule has 3 saturated carbocycles. The number of fused-ring (bicyclic) bond motifs is 1. The Morgan fingerprint density at radius 3 is 2.58 bits per heavy atom. The van der Waals surface area contributed by atoms with E-state index in [2.05, 4.69) is 13.5 Å². The van der Waals surface area contributed by atoms with Crippen LogP contribution in [0, 0.1) is 41.3 Å². The first-order chi connectivity index (χ1) is 15.0. The number of hydrogen-bond donors (Lipinski definition) is 0. The van der Waals surface area contributed by atoms with E-state index < -0.39 is 5.82 Å². The highest BCUT2D eigenvalue weighted by Crippen LogP contribution is 2.50. The van der Waals surface area contributed by atoms with E-state index >= 15 is 0 Å². The van der Waals surface area contributed by atoms with E-state index in [0.29, 0.717) is 11.8 Å². The number of carbonyl (C=O) groups excluding carboxylic acids is 1. The minimum atomic E-state index is -0.518. The van der Waals surface area contributed by atoms with Gasteiger partial charge in [0, 0.05) is 6.07 Å². The van der Waals surface area contributed by atoms with Crippen molar-refractivity contribution in [3.63, 3.8) is 0 Å². The molecular formula is C27H37FO3. The van der Waals surface area contributed by atoms with E-state index in [1.54, 1.807) is 12.1 Å². The molecule has 170 valence electrons. The second-order valence-electron chi connectivity index (χ2n) is 10.2. The topological polar surface area (TPSA) is 35.5 Å². The van der Waals surface area contributed by atoms with Crippen LogP contribution in [0.4, 0.5) is 4.39 Å². The molecule has 3 aliphatic carbocycles. The molecule has 4 unspecified atom stereocenters. The normalized spacial score (nSPS) is 33.2. The highest BCUT2D eigenvalue weighted by molar-refractivity contribution is 5.75. The summed E-state index contributed by atoms with van der Waals surface area (Å²) in [7, 11) is 0. The third-order valence-corrected chi connectivity index (χ3v) is 8.20. The molecule has 0 amide bonds. The fourth-order valence-electron chi connectivity index (χ4n) is 6.48. The maximum Gasteiger partial charge on any atom is 0.314 e. The Hall–Kier alpha value is -1.84. The van der Waals surface area contributed by atoms with Gasteiger partial charge in [-0.1, -0.05) is 45.3 Å². The van der Waals surface area contributed by atoms with Crippen LogP contribution in [0.25, 0.3) is 0 Å². The van der Waals surface area contributed by atoms with E-state index in [4.69, 9.17) is 9.47 Å². The molecule has 0 aromatic heterocycles. The zero-order chi connectivity index (χ0) is 21.8. The van der Waals surface area contributed by atoms with Crippen molar-refractivity contribution in [3.05, 3.63) is 36.7 Å². The van der Waals surface area contributed by atoms with Crippen LogP contribution < -0.4 is 9.47 Å². The summed E-state index contributed by atoms with van der Waals surface area (Å²) in [6, 6.07) is 4.37. The predicted octanol–water partition coefficient (Wildman–Crippen LogP) is 6.95. The Bertz CT molecular complexity index is 768. The van der Waals surface area contributed by atoms with Crippen molar-refractivity contribution in [1.29, 1.82) is 0 Å². The number of hydrogen-bond acceptors (Lipinski definition) is 3. The summed E-state index contributed by atoms with van der Waals surface area (Å²) in [5, 5.41) is 0. The van der Waals surface area contributed by atoms with Crippen molar-refractivity contribution in [2.45, 2.75) is 71.1 Å². The van der Waals surface area contributed by atoms with E-state index in [9.17, 15) is 9.18 Å². The largest absolute Gasteiger partial charge is 0.486 e.